The van der Waals surface area contributed by atoms with Crippen molar-refractivity contribution in [1.82, 2.24) is 14.2 Å². The number of nitrogens with zero attached hydrogens (tertiary/aromatic N) is 2. The molecular formula is C23H29N3O6S. The number of aliphatic hydroxyl groups excluding tert-OH is 1. The van der Waals surface area contributed by atoms with Crippen LogP contribution in [0.1, 0.15) is 25.1 Å². The number of carbonyl (C=O) groups is 1. The van der Waals surface area contributed by atoms with Crippen LogP contribution in [-0.2, 0) is 21.4 Å². The van der Waals surface area contributed by atoms with Crippen molar-refractivity contribution in [3.05, 3.63) is 52.4 Å². The van der Waals surface area contributed by atoms with Crippen molar-refractivity contribution in [2.75, 3.05) is 26.5 Å². The van der Waals surface area contributed by atoms with E-state index in [4.69, 9.17) is 4.74 Å². The van der Waals surface area contributed by atoms with E-state index in [1.165, 1.54) is 11.4 Å². The minimum atomic E-state index is -3.82. The van der Waals surface area contributed by atoms with Crippen LogP contribution in [0, 0.1) is 11.8 Å². The van der Waals surface area contributed by atoms with E-state index >= 15 is 0 Å². The number of amides is 1. The Morgan fingerprint density at radius 3 is 2.58 bits per heavy atom. The van der Waals surface area contributed by atoms with Crippen LogP contribution in [0.3, 0.4) is 0 Å². The molecule has 2 N–H and O–H groups in total. The predicted molar refractivity (Wildman–Crippen MR) is 123 cm³/mol. The molecule has 4 atom stereocenters. The van der Waals surface area contributed by atoms with Gasteiger partial charge in [0.2, 0.25) is 15.9 Å². The second kappa shape index (κ2) is 8.92. The van der Waals surface area contributed by atoms with Gasteiger partial charge in [-0.15, -0.1) is 0 Å². The van der Waals surface area contributed by atoms with Gasteiger partial charge in [0.05, 0.1) is 25.0 Å². The number of hydrogen-bond acceptors (Lipinski definition) is 6. The highest BCUT2D eigenvalue weighted by Gasteiger charge is 2.58. The lowest BCUT2D eigenvalue weighted by molar-refractivity contribution is -0.126. The Bertz CT molecular complexity index is 1220. The zero-order valence-corrected chi connectivity index (χ0v) is 19.7. The van der Waals surface area contributed by atoms with Crippen LogP contribution in [0.2, 0.25) is 0 Å². The number of benzene rings is 1. The summed E-state index contributed by atoms with van der Waals surface area (Å²) in [6.07, 6.45) is 1.77. The maximum atomic E-state index is 13.5. The van der Waals surface area contributed by atoms with Crippen molar-refractivity contribution in [3.63, 3.8) is 0 Å². The summed E-state index contributed by atoms with van der Waals surface area (Å²) in [5.41, 5.74) is 1.36. The van der Waals surface area contributed by atoms with Crippen molar-refractivity contribution in [2.45, 2.75) is 32.0 Å². The molecule has 1 aromatic heterocycles. The Hall–Kier alpha value is -2.69. The molecule has 3 heterocycles. The molecule has 1 aromatic carbocycles. The van der Waals surface area contributed by atoms with Crippen LogP contribution in [-0.4, -0.2) is 60.9 Å². The number of ether oxygens (including phenoxy) is 1. The summed E-state index contributed by atoms with van der Waals surface area (Å²) < 4.78 is 33.9. The highest BCUT2D eigenvalue weighted by Crippen LogP contribution is 2.50. The number of rotatable bonds is 7. The van der Waals surface area contributed by atoms with Crippen molar-refractivity contribution < 1.29 is 23.1 Å². The number of sulfonamides is 1. The van der Waals surface area contributed by atoms with E-state index in [0.29, 0.717) is 35.5 Å². The molecule has 10 heteroatoms. The molecular weight excluding hydrogens is 446 g/mol. The summed E-state index contributed by atoms with van der Waals surface area (Å²) in [5, 5.41) is 13.0. The molecule has 9 nitrogen and oxygen atoms in total. The van der Waals surface area contributed by atoms with Gasteiger partial charge in [0.1, 0.15) is 11.8 Å². The number of nitrogens with one attached hydrogen (secondary N) is 1. The summed E-state index contributed by atoms with van der Waals surface area (Å²) in [7, 11) is -2.29. The average Bonchev–Trinajstić information content (AvgIpc) is 3.32. The average molecular weight is 476 g/mol. The SMILES string of the molecule is CCCNC(=O)[C@H]1[C@H](CO)[C@H]2Cn3c(ccc(-c4ccccc4OC)c3=O)[C@H]2N1S(C)(=O)=O. The van der Waals surface area contributed by atoms with Crippen molar-refractivity contribution >= 4 is 15.9 Å². The number of aromatic nitrogens is 1. The van der Waals surface area contributed by atoms with Gasteiger partial charge in [0.15, 0.2) is 0 Å². The van der Waals surface area contributed by atoms with E-state index in [-0.39, 0.29) is 18.7 Å². The van der Waals surface area contributed by atoms with Crippen LogP contribution in [0.4, 0.5) is 0 Å². The van der Waals surface area contributed by atoms with E-state index < -0.39 is 39.8 Å². The Labute approximate surface area is 193 Å². The lowest BCUT2D eigenvalue weighted by Gasteiger charge is -2.28. The van der Waals surface area contributed by atoms with E-state index in [0.717, 1.165) is 6.26 Å². The molecule has 1 fully saturated rings. The van der Waals surface area contributed by atoms with Gasteiger partial charge in [-0.1, -0.05) is 25.1 Å². The van der Waals surface area contributed by atoms with Crippen LogP contribution >= 0.6 is 0 Å². The van der Waals surface area contributed by atoms with Gasteiger partial charge in [-0.2, -0.15) is 4.31 Å². The molecule has 0 unspecified atom stereocenters. The first-order valence-corrected chi connectivity index (χ1v) is 12.8. The second-order valence-corrected chi connectivity index (χ2v) is 10.5. The fourth-order valence-corrected chi connectivity index (χ4v) is 6.58. The molecule has 2 aromatic rings. The molecule has 2 aliphatic rings. The topological polar surface area (TPSA) is 118 Å². The Kier molecular flexibility index (Phi) is 6.35. The van der Waals surface area contributed by atoms with Gasteiger partial charge < -0.3 is 19.7 Å². The largest absolute Gasteiger partial charge is 0.496 e. The Morgan fingerprint density at radius 1 is 1.21 bits per heavy atom. The Morgan fingerprint density at radius 2 is 1.94 bits per heavy atom. The van der Waals surface area contributed by atoms with Gasteiger partial charge >= 0.3 is 0 Å². The number of carbonyl (C=O) groups excluding carboxylic acids is 1. The summed E-state index contributed by atoms with van der Waals surface area (Å²) in [4.78, 5) is 26.4. The number of para-hydroxylation sites is 1. The summed E-state index contributed by atoms with van der Waals surface area (Å²) in [5.74, 6) is -0.888. The fourth-order valence-electron chi connectivity index (χ4n) is 5.24. The van der Waals surface area contributed by atoms with E-state index in [2.05, 4.69) is 5.32 Å². The lowest BCUT2D eigenvalue weighted by Crippen LogP contribution is -2.50. The first-order chi connectivity index (χ1) is 15.7. The van der Waals surface area contributed by atoms with Crippen molar-refractivity contribution in [1.29, 1.82) is 0 Å². The minimum absolute atomic E-state index is 0.219. The predicted octanol–water partition coefficient (Wildman–Crippen LogP) is 0.973. The standard InChI is InChI=1S/C23H29N3O6S/c1-4-11-24-22(28)21-17(13-27)16-12-25-18(20(16)26(21)33(3,30)31)10-9-15(23(25)29)14-7-5-6-8-19(14)32-2/h5-10,16-17,20-21,27H,4,11-13H2,1-3H3,(H,24,28)/t16-,17-,20+,21-/m1/s1. The van der Waals surface area contributed by atoms with E-state index in [9.17, 15) is 23.1 Å². The van der Waals surface area contributed by atoms with Crippen LogP contribution in [0.5, 0.6) is 5.75 Å². The number of hydrogen-bond donors (Lipinski definition) is 2. The third-order valence-electron chi connectivity index (χ3n) is 6.62. The second-order valence-electron chi connectivity index (χ2n) is 8.57. The van der Waals surface area contributed by atoms with E-state index in [1.807, 2.05) is 19.1 Å². The van der Waals surface area contributed by atoms with Crippen molar-refractivity contribution in [3.8, 4) is 16.9 Å². The molecule has 2 aliphatic heterocycles. The van der Waals surface area contributed by atoms with E-state index in [1.54, 1.807) is 28.8 Å². The molecule has 0 spiro atoms. The first kappa shape index (κ1) is 23.5. The smallest absolute Gasteiger partial charge is 0.258 e. The van der Waals surface area contributed by atoms with Gasteiger partial charge in [0, 0.05) is 42.8 Å². The minimum Gasteiger partial charge on any atom is -0.496 e. The highest BCUT2D eigenvalue weighted by atomic mass is 32.2. The quantitative estimate of drug-likeness (QED) is 0.616. The first-order valence-electron chi connectivity index (χ1n) is 11.0. The molecule has 1 saturated heterocycles. The van der Waals surface area contributed by atoms with Gasteiger partial charge in [-0.05, 0) is 24.6 Å². The maximum absolute atomic E-state index is 13.5. The van der Waals surface area contributed by atoms with Crippen LogP contribution in [0.15, 0.2) is 41.2 Å². The fraction of sp³-hybridized carbons (Fsp3) is 0.478. The molecule has 0 saturated carbocycles. The summed E-state index contributed by atoms with van der Waals surface area (Å²) in [6, 6.07) is 8.89. The monoisotopic (exact) mass is 475 g/mol. The molecule has 0 radical (unpaired) electrons. The summed E-state index contributed by atoms with van der Waals surface area (Å²) in [6.45, 7) is 2.18. The summed E-state index contributed by atoms with van der Waals surface area (Å²) >= 11 is 0. The van der Waals surface area contributed by atoms with Gasteiger partial charge in [-0.25, -0.2) is 8.42 Å². The Balaban J connectivity index is 1.83. The zero-order chi connectivity index (χ0) is 23.9. The number of aliphatic hydroxyl groups is 1. The molecule has 4 rings (SSSR count). The number of methoxy groups -OCH3 is 1. The molecule has 0 bridgehead atoms. The molecule has 1 amide bonds. The highest BCUT2D eigenvalue weighted by molar-refractivity contribution is 7.88. The molecule has 33 heavy (non-hydrogen) atoms. The zero-order valence-electron chi connectivity index (χ0n) is 18.9. The van der Waals surface area contributed by atoms with Crippen LogP contribution < -0.4 is 15.6 Å². The normalized spacial score (nSPS) is 24.4. The maximum Gasteiger partial charge on any atom is 0.258 e. The lowest BCUT2D eigenvalue weighted by atomic mass is 9.88. The van der Waals surface area contributed by atoms with Crippen LogP contribution in [0.25, 0.3) is 11.1 Å². The third-order valence-corrected chi connectivity index (χ3v) is 7.84. The van der Waals surface area contributed by atoms with Gasteiger partial charge in [-0.3, -0.25) is 9.59 Å². The van der Waals surface area contributed by atoms with Crippen molar-refractivity contribution in [2.24, 2.45) is 11.8 Å². The number of fused-ring (bicyclic) bond motifs is 3. The molecule has 0 aliphatic carbocycles. The van der Waals surface area contributed by atoms with Gasteiger partial charge in [0.25, 0.3) is 5.56 Å². The third kappa shape index (κ3) is 3.85. The molecule has 178 valence electrons. The number of pyridine rings is 1.